The number of benzene rings is 1. The minimum atomic E-state index is -0.942. The van der Waals surface area contributed by atoms with Crippen molar-refractivity contribution in [3.63, 3.8) is 0 Å². The summed E-state index contributed by atoms with van der Waals surface area (Å²) in [6.07, 6.45) is 10.9. The Hall–Kier alpha value is -1.69. The molecule has 2 aliphatic rings. The standard InChI is InChI=1S/C24H34O5/c1-2-3-4-8-21(25)12-11-19-9-10-20-14-22(15-24(19,20)28)29-16-17-6-5-7-18(13-17)23(26)27/h5-7,11-13,19-22,25,28H,2-4,8-10,14-16H2,1H3,(H,26,27)/t19-,20+,21?,22?,24+/m0/s1. The number of carboxylic acid groups (broad SMARTS) is 1. The molecule has 5 atom stereocenters. The van der Waals surface area contributed by atoms with Gasteiger partial charge in [0.2, 0.25) is 0 Å². The lowest BCUT2D eigenvalue weighted by molar-refractivity contribution is -0.0239. The van der Waals surface area contributed by atoms with Crippen molar-refractivity contribution in [3.8, 4) is 0 Å². The summed E-state index contributed by atoms with van der Waals surface area (Å²) in [5, 5.41) is 30.6. The van der Waals surface area contributed by atoms with Crippen molar-refractivity contribution in [3.05, 3.63) is 47.5 Å². The molecule has 3 rings (SSSR count). The lowest BCUT2D eigenvalue weighted by atomic mass is 9.86. The Morgan fingerprint density at radius 3 is 2.93 bits per heavy atom. The van der Waals surface area contributed by atoms with Gasteiger partial charge in [0, 0.05) is 12.3 Å². The van der Waals surface area contributed by atoms with Crippen LogP contribution in [0.1, 0.15) is 74.2 Å². The molecule has 5 nitrogen and oxygen atoms in total. The van der Waals surface area contributed by atoms with Crippen LogP contribution in [0, 0.1) is 11.8 Å². The highest BCUT2D eigenvalue weighted by molar-refractivity contribution is 5.87. The first-order valence-corrected chi connectivity index (χ1v) is 10.9. The summed E-state index contributed by atoms with van der Waals surface area (Å²) in [6.45, 7) is 2.50. The van der Waals surface area contributed by atoms with Gasteiger partial charge in [0.05, 0.1) is 30.0 Å². The monoisotopic (exact) mass is 402 g/mol. The largest absolute Gasteiger partial charge is 0.478 e. The minimum Gasteiger partial charge on any atom is -0.478 e. The minimum absolute atomic E-state index is 0.0239. The van der Waals surface area contributed by atoms with E-state index in [0.717, 1.165) is 50.5 Å². The zero-order valence-corrected chi connectivity index (χ0v) is 17.3. The molecular formula is C24H34O5. The molecule has 0 bridgehead atoms. The Kier molecular flexibility index (Phi) is 7.49. The maximum absolute atomic E-state index is 11.3. The number of hydrogen-bond acceptors (Lipinski definition) is 4. The van der Waals surface area contributed by atoms with Gasteiger partial charge in [0.25, 0.3) is 0 Å². The molecule has 0 aromatic heterocycles. The molecule has 0 radical (unpaired) electrons. The van der Waals surface area contributed by atoms with Crippen LogP contribution in [0.15, 0.2) is 36.4 Å². The second kappa shape index (κ2) is 9.88. The van der Waals surface area contributed by atoms with E-state index in [0.29, 0.717) is 13.0 Å². The molecule has 2 fully saturated rings. The summed E-state index contributed by atoms with van der Waals surface area (Å²) in [5.41, 5.74) is 0.337. The lowest BCUT2D eigenvalue weighted by Crippen LogP contribution is -2.35. The highest BCUT2D eigenvalue weighted by atomic mass is 16.5. The molecular weight excluding hydrogens is 368 g/mol. The maximum atomic E-state index is 11.3. The highest BCUT2D eigenvalue weighted by Crippen LogP contribution is 2.52. The number of carbonyl (C=O) groups is 1. The van der Waals surface area contributed by atoms with Crippen LogP contribution >= 0.6 is 0 Å². The molecule has 29 heavy (non-hydrogen) atoms. The molecule has 2 aliphatic carbocycles. The smallest absolute Gasteiger partial charge is 0.335 e. The number of aliphatic hydroxyl groups excluding tert-OH is 1. The number of ether oxygens (including phenoxy) is 1. The molecule has 1 aromatic carbocycles. The molecule has 1 aromatic rings. The predicted octanol–water partition coefficient (Wildman–Crippen LogP) is 4.32. The van der Waals surface area contributed by atoms with Gasteiger partial charge in [-0.15, -0.1) is 0 Å². The van der Waals surface area contributed by atoms with Crippen LogP contribution in [0.2, 0.25) is 0 Å². The second-order valence-electron chi connectivity index (χ2n) is 8.70. The molecule has 0 aliphatic heterocycles. The summed E-state index contributed by atoms with van der Waals surface area (Å²) in [6, 6.07) is 6.80. The van der Waals surface area contributed by atoms with E-state index in [1.165, 1.54) is 0 Å². The third kappa shape index (κ3) is 5.47. The SMILES string of the molecule is CCCCCC(O)C=C[C@@H]1CC[C@@H]2CC(OCc3cccc(C(=O)O)c3)C[C@]21O. The Bertz CT molecular complexity index is 715. The fraction of sp³-hybridized carbons (Fsp3) is 0.625. The second-order valence-corrected chi connectivity index (χ2v) is 8.70. The first-order chi connectivity index (χ1) is 13.9. The average molecular weight is 403 g/mol. The first-order valence-electron chi connectivity index (χ1n) is 10.9. The Labute approximate surface area is 173 Å². The van der Waals surface area contributed by atoms with Crippen molar-refractivity contribution < 1.29 is 24.9 Å². The van der Waals surface area contributed by atoms with Crippen LogP contribution in [0.3, 0.4) is 0 Å². The van der Waals surface area contributed by atoms with E-state index in [1.54, 1.807) is 18.2 Å². The summed E-state index contributed by atoms with van der Waals surface area (Å²) in [7, 11) is 0. The van der Waals surface area contributed by atoms with Crippen molar-refractivity contribution >= 4 is 5.97 Å². The molecule has 0 heterocycles. The molecule has 0 amide bonds. The summed E-state index contributed by atoms with van der Waals surface area (Å²) in [5.74, 6) is -0.648. The molecule has 2 unspecified atom stereocenters. The molecule has 0 spiro atoms. The van der Waals surface area contributed by atoms with Gasteiger partial charge in [-0.2, -0.15) is 0 Å². The van der Waals surface area contributed by atoms with Crippen molar-refractivity contribution in [2.45, 2.75) is 82.7 Å². The first kappa shape index (κ1) is 22.0. The van der Waals surface area contributed by atoms with Gasteiger partial charge in [0.15, 0.2) is 0 Å². The number of fused-ring (bicyclic) bond motifs is 1. The molecule has 160 valence electrons. The third-order valence-electron chi connectivity index (χ3n) is 6.61. The fourth-order valence-corrected chi connectivity index (χ4v) is 4.95. The molecule has 0 saturated heterocycles. The van der Waals surface area contributed by atoms with Crippen molar-refractivity contribution in [2.75, 3.05) is 0 Å². The van der Waals surface area contributed by atoms with Gasteiger partial charge in [0.1, 0.15) is 0 Å². The zero-order valence-electron chi connectivity index (χ0n) is 17.3. The molecule has 2 saturated carbocycles. The topological polar surface area (TPSA) is 87.0 Å². The van der Waals surface area contributed by atoms with E-state index in [1.807, 2.05) is 18.2 Å². The number of aliphatic hydroxyl groups is 2. The number of rotatable bonds is 10. The fourth-order valence-electron chi connectivity index (χ4n) is 4.95. The van der Waals surface area contributed by atoms with Crippen molar-refractivity contribution in [1.82, 2.24) is 0 Å². The van der Waals surface area contributed by atoms with Gasteiger partial charge in [-0.3, -0.25) is 0 Å². The third-order valence-corrected chi connectivity index (χ3v) is 6.61. The number of hydrogen-bond donors (Lipinski definition) is 3. The van der Waals surface area contributed by atoms with Gasteiger partial charge in [-0.25, -0.2) is 4.79 Å². The van der Waals surface area contributed by atoms with E-state index in [-0.39, 0.29) is 23.5 Å². The van der Waals surface area contributed by atoms with E-state index in [4.69, 9.17) is 9.84 Å². The van der Waals surface area contributed by atoms with Crippen LogP contribution in [-0.4, -0.2) is 39.1 Å². The van der Waals surface area contributed by atoms with Gasteiger partial charge >= 0.3 is 5.97 Å². The summed E-state index contributed by atoms with van der Waals surface area (Å²) >= 11 is 0. The Morgan fingerprint density at radius 1 is 1.34 bits per heavy atom. The Morgan fingerprint density at radius 2 is 2.17 bits per heavy atom. The van der Waals surface area contributed by atoms with Crippen molar-refractivity contribution in [2.24, 2.45) is 11.8 Å². The predicted molar refractivity (Wildman–Crippen MR) is 112 cm³/mol. The van der Waals surface area contributed by atoms with Crippen LogP contribution in [0.25, 0.3) is 0 Å². The molecule has 5 heteroatoms. The highest BCUT2D eigenvalue weighted by Gasteiger charge is 2.54. The van der Waals surface area contributed by atoms with Crippen LogP contribution in [-0.2, 0) is 11.3 Å². The van der Waals surface area contributed by atoms with E-state index < -0.39 is 17.7 Å². The Balaban J connectivity index is 1.53. The van der Waals surface area contributed by atoms with E-state index in [2.05, 4.69) is 6.92 Å². The normalized spacial score (nSPS) is 30.0. The summed E-state index contributed by atoms with van der Waals surface area (Å²) < 4.78 is 6.04. The van der Waals surface area contributed by atoms with Crippen molar-refractivity contribution in [1.29, 1.82) is 0 Å². The average Bonchev–Trinajstić information content (AvgIpc) is 3.18. The molecule has 3 N–H and O–H groups in total. The van der Waals surface area contributed by atoms with Crippen LogP contribution < -0.4 is 0 Å². The van der Waals surface area contributed by atoms with Crippen LogP contribution in [0.5, 0.6) is 0 Å². The number of carboxylic acids is 1. The number of unbranched alkanes of at least 4 members (excludes halogenated alkanes) is 2. The summed E-state index contributed by atoms with van der Waals surface area (Å²) in [4.78, 5) is 11.1. The van der Waals surface area contributed by atoms with Gasteiger partial charge < -0.3 is 20.1 Å². The van der Waals surface area contributed by atoms with Gasteiger partial charge in [-0.1, -0.05) is 50.5 Å². The van der Waals surface area contributed by atoms with E-state index >= 15 is 0 Å². The number of aromatic carboxylic acids is 1. The maximum Gasteiger partial charge on any atom is 0.335 e. The van der Waals surface area contributed by atoms with Crippen LogP contribution in [0.4, 0.5) is 0 Å². The quantitative estimate of drug-likeness (QED) is 0.401. The van der Waals surface area contributed by atoms with E-state index in [9.17, 15) is 15.0 Å². The van der Waals surface area contributed by atoms with Gasteiger partial charge in [-0.05, 0) is 49.3 Å². The lowest BCUT2D eigenvalue weighted by Gasteiger charge is -2.28. The zero-order chi connectivity index (χ0) is 20.9.